The molecule has 1 saturated heterocycles. The van der Waals surface area contributed by atoms with Crippen LogP contribution in [0.15, 0.2) is 30.5 Å². The highest BCUT2D eigenvalue weighted by molar-refractivity contribution is 5.73. The van der Waals surface area contributed by atoms with Gasteiger partial charge in [-0.1, -0.05) is 18.2 Å². The van der Waals surface area contributed by atoms with Crippen LogP contribution in [0, 0.1) is 6.92 Å². The van der Waals surface area contributed by atoms with Gasteiger partial charge in [0.1, 0.15) is 0 Å². The Bertz CT molecular complexity index is 696. The first-order valence-corrected chi connectivity index (χ1v) is 7.66. The largest absolute Gasteiger partial charge is 0.352 e. The van der Waals surface area contributed by atoms with Crippen molar-refractivity contribution >= 4 is 23.4 Å². The summed E-state index contributed by atoms with van der Waals surface area (Å²) < 4.78 is 0. The molecule has 1 aliphatic heterocycles. The standard InChI is InChI=1S/C16H20N6O/c1-12-5-3-4-6-14(12)18-16-19-15(11-17-20-16)22-9-7-21(8-10-22)13(2)23/h3-6,11H,7-10H2,1-2H3,(H,18,19,20). The van der Waals surface area contributed by atoms with Gasteiger partial charge in [0.2, 0.25) is 11.9 Å². The molecule has 2 aromatic rings. The maximum atomic E-state index is 11.4. The van der Waals surface area contributed by atoms with Crippen molar-refractivity contribution in [2.24, 2.45) is 0 Å². The molecule has 7 heteroatoms. The van der Waals surface area contributed by atoms with Crippen molar-refractivity contribution in [3.63, 3.8) is 0 Å². The van der Waals surface area contributed by atoms with Gasteiger partial charge in [-0.05, 0) is 18.6 Å². The fourth-order valence-corrected chi connectivity index (χ4v) is 2.58. The van der Waals surface area contributed by atoms with Gasteiger partial charge in [-0.3, -0.25) is 4.79 Å². The van der Waals surface area contributed by atoms with Gasteiger partial charge in [-0.25, -0.2) is 0 Å². The van der Waals surface area contributed by atoms with Crippen LogP contribution in [-0.2, 0) is 4.79 Å². The Labute approximate surface area is 135 Å². The van der Waals surface area contributed by atoms with Crippen LogP contribution in [-0.4, -0.2) is 52.2 Å². The van der Waals surface area contributed by atoms with E-state index in [9.17, 15) is 4.79 Å². The fraction of sp³-hybridized carbons (Fsp3) is 0.375. The van der Waals surface area contributed by atoms with Crippen molar-refractivity contribution < 1.29 is 4.79 Å². The van der Waals surface area contributed by atoms with Crippen LogP contribution < -0.4 is 10.2 Å². The van der Waals surface area contributed by atoms with Crippen molar-refractivity contribution in [2.75, 3.05) is 36.4 Å². The van der Waals surface area contributed by atoms with Crippen LogP contribution in [0.3, 0.4) is 0 Å². The lowest BCUT2D eigenvalue weighted by Gasteiger charge is -2.34. The van der Waals surface area contributed by atoms with Crippen molar-refractivity contribution in [1.29, 1.82) is 0 Å². The van der Waals surface area contributed by atoms with Gasteiger partial charge in [0.25, 0.3) is 0 Å². The van der Waals surface area contributed by atoms with Gasteiger partial charge in [-0.15, -0.1) is 5.10 Å². The molecule has 0 atom stereocenters. The van der Waals surface area contributed by atoms with Crippen molar-refractivity contribution in [2.45, 2.75) is 13.8 Å². The fourth-order valence-electron chi connectivity index (χ4n) is 2.58. The van der Waals surface area contributed by atoms with Crippen LogP contribution in [0.5, 0.6) is 0 Å². The number of carbonyl (C=O) groups excluding carboxylic acids is 1. The van der Waals surface area contributed by atoms with E-state index in [-0.39, 0.29) is 5.91 Å². The number of hydrogen-bond acceptors (Lipinski definition) is 6. The minimum atomic E-state index is 0.118. The lowest BCUT2D eigenvalue weighted by atomic mass is 10.2. The number of nitrogens with zero attached hydrogens (tertiary/aromatic N) is 5. The predicted molar refractivity (Wildman–Crippen MR) is 88.8 cm³/mol. The second-order valence-corrected chi connectivity index (χ2v) is 5.57. The van der Waals surface area contributed by atoms with E-state index in [1.54, 1.807) is 13.1 Å². The first-order valence-electron chi connectivity index (χ1n) is 7.66. The highest BCUT2D eigenvalue weighted by atomic mass is 16.2. The van der Waals surface area contributed by atoms with E-state index in [4.69, 9.17) is 0 Å². The van der Waals surface area contributed by atoms with Gasteiger partial charge in [-0.2, -0.15) is 10.1 Å². The van der Waals surface area contributed by atoms with Gasteiger partial charge >= 0.3 is 0 Å². The summed E-state index contributed by atoms with van der Waals surface area (Å²) in [5.74, 6) is 1.37. The molecule has 0 saturated carbocycles. The zero-order chi connectivity index (χ0) is 16.2. The Balaban J connectivity index is 1.71. The molecule has 0 bridgehead atoms. The third-order valence-electron chi connectivity index (χ3n) is 3.99. The van der Waals surface area contributed by atoms with Crippen molar-refractivity contribution in [3.8, 4) is 0 Å². The first kappa shape index (κ1) is 15.2. The monoisotopic (exact) mass is 312 g/mol. The Kier molecular flexibility index (Phi) is 4.36. The van der Waals surface area contributed by atoms with E-state index in [1.807, 2.05) is 36.1 Å². The summed E-state index contributed by atoms with van der Waals surface area (Å²) in [5, 5.41) is 11.3. The molecule has 0 unspecified atom stereocenters. The summed E-state index contributed by atoms with van der Waals surface area (Å²) in [4.78, 5) is 19.9. The summed E-state index contributed by atoms with van der Waals surface area (Å²) in [7, 11) is 0. The van der Waals surface area contributed by atoms with E-state index in [1.165, 1.54) is 0 Å². The molecule has 0 spiro atoms. The number of nitrogens with one attached hydrogen (secondary N) is 1. The van der Waals surface area contributed by atoms with E-state index in [2.05, 4.69) is 25.4 Å². The molecule has 23 heavy (non-hydrogen) atoms. The van der Waals surface area contributed by atoms with Crippen LogP contribution in [0.1, 0.15) is 12.5 Å². The van der Waals surface area contributed by atoms with Gasteiger partial charge < -0.3 is 15.1 Å². The Morgan fingerprint density at radius 2 is 1.91 bits per heavy atom. The average molecular weight is 312 g/mol. The number of anilines is 3. The quantitative estimate of drug-likeness (QED) is 0.928. The van der Waals surface area contributed by atoms with Gasteiger partial charge in [0.05, 0.1) is 6.20 Å². The molecule has 1 amide bonds. The van der Waals surface area contributed by atoms with Gasteiger partial charge in [0.15, 0.2) is 5.82 Å². The Morgan fingerprint density at radius 3 is 2.61 bits per heavy atom. The van der Waals surface area contributed by atoms with Crippen LogP contribution in [0.25, 0.3) is 0 Å². The average Bonchev–Trinajstić information content (AvgIpc) is 2.57. The molecule has 2 heterocycles. The summed E-state index contributed by atoms with van der Waals surface area (Å²) in [6, 6.07) is 7.97. The Hall–Kier alpha value is -2.70. The third-order valence-corrected chi connectivity index (χ3v) is 3.99. The Morgan fingerprint density at radius 1 is 1.17 bits per heavy atom. The molecule has 3 rings (SSSR count). The molecule has 0 aliphatic carbocycles. The molecule has 1 aliphatic rings. The lowest BCUT2D eigenvalue weighted by molar-refractivity contribution is -0.129. The topological polar surface area (TPSA) is 74.2 Å². The molecule has 0 radical (unpaired) electrons. The zero-order valence-electron chi connectivity index (χ0n) is 13.4. The number of rotatable bonds is 3. The molecule has 1 N–H and O–H groups in total. The number of carbonyl (C=O) groups is 1. The minimum Gasteiger partial charge on any atom is -0.352 e. The number of aryl methyl sites for hydroxylation is 1. The second-order valence-electron chi connectivity index (χ2n) is 5.57. The molecule has 1 fully saturated rings. The summed E-state index contributed by atoms with van der Waals surface area (Å²) in [6.45, 7) is 6.55. The smallest absolute Gasteiger partial charge is 0.249 e. The zero-order valence-corrected chi connectivity index (χ0v) is 13.4. The molecule has 120 valence electrons. The van der Waals surface area contributed by atoms with Crippen LogP contribution in [0.2, 0.25) is 0 Å². The van der Waals surface area contributed by atoms with Crippen LogP contribution in [0.4, 0.5) is 17.5 Å². The maximum absolute atomic E-state index is 11.4. The SMILES string of the molecule is CC(=O)N1CCN(c2cnnc(Nc3ccccc3C)n2)CC1. The molecular formula is C16H20N6O. The summed E-state index contributed by atoms with van der Waals surface area (Å²) >= 11 is 0. The number of para-hydroxylation sites is 1. The highest BCUT2D eigenvalue weighted by Gasteiger charge is 2.20. The minimum absolute atomic E-state index is 0.118. The third kappa shape index (κ3) is 3.56. The van der Waals surface area contributed by atoms with Gasteiger partial charge in [0, 0.05) is 38.8 Å². The molecule has 1 aromatic carbocycles. The molecule has 1 aromatic heterocycles. The second kappa shape index (κ2) is 6.60. The number of aromatic nitrogens is 3. The predicted octanol–water partition coefficient (Wildman–Crippen LogP) is 1.59. The number of benzene rings is 1. The van der Waals surface area contributed by atoms with E-state index >= 15 is 0 Å². The van der Waals surface area contributed by atoms with Crippen molar-refractivity contribution in [3.05, 3.63) is 36.0 Å². The number of amides is 1. The van der Waals surface area contributed by atoms with E-state index < -0.39 is 0 Å². The van der Waals surface area contributed by atoms with E-state index in [0.717, 1.165) is 30.2 Å². The summed E-state index contributed by atoms with van der Waals surface area (Å²) in [5.41, 5.74) is 2.09. The number of hydrogen-bond donors (Lipinski definition) is 1. The maximum Gasteiger partial charge on any atom is 0.249 e. The van der Waals surface area contributed by atoms with E-state index in [0.29, 0.717) is 19.0 Å². The lowest BCUT2D eigenvalue weighted by Crippen LogP contribution is -2.48. The normalized spacial score (nSPS) is 14.7. The molecular weight excluding hydrogens is 292 g/mol. The first-order chi connectivity index (χ1) is 11.1. The summed E-state index contributed by atoms with van der Waals surface area (Å²) in [6.07, 6.45) is 1.66. The highest BCUT2D eigenvalue weighted by Crippen LogP contribution is 2.19. The number of piperazine rings is 1. The van der Waals surface area contributed by atoms with Crippen LogP contribution >= 0.6 is 0 Å². The molecule has 7 nitrogen and oxygen atoms in total. The van der Waals surface area contributed by atoms with Crippen molar-refractivity contribution in [1.82, 2.24) is 20.1 Å².